The summed E-state index contributed by atoms with van der Waals surface area (Å²) in [4.78, 5) is 9.47. The van der Waals surface area contributed by atoms with E-state index in [1.165, 1.54) is 5.56 Å². The van der Waals surface area contributed by atoms with Crippen LogP contribution < -0.4 is 10.1 Å². The Balaban J connectivity index is 1.48. The van der Waals surface area contributed by atoms with E-state index in [2.05, 4.69) is 40.6 Å². The van der Waals surface area contributed by atoms with Gasteiger partial charge in [0.2, 0.25) is 5.95 Å². The van der Waals surface area contributed by atoms with Gasteiger partial charge in [0.05, 0.1) is 12.8 Å². The molecule has 5 rings (SSSR count). The summed E-state index contributed by atoms with van der Waals surface area (Å²) in [7, 11) is 1.68. The predicted octanol–water partition coefficient (Wildman–Crippen LogP) is 6.11. The molecule has 1 heterocycles. The lowest BCUT2D eigenvalue weighted by atomic mass is 9.78. The first-order valence-corrected chi connectivity index (χ1v) is 10.7. The van der Waals surface area contributed by atoms with Crippen LogP contribution in [0.5, 0.6) is 5.75 Å². The topological polar surface area (TPSA) is 47.0 Å². The molecule has 154 valence electrons. The first-order valence-electron chi connectivity index (χ1n) is 10.3. The number of fused-ring (bicyclic) bond motifs is 3. The molecule has 3 aromatic carbocycles. The molecule has 0 saturated heterocycles. The summed E-state index contributed by atoms with van der Waals surface area (Å²) >= 11 is 6.55. The lowest BCUT2D eigenvalue weighted by Crippen LogP contribution is -2.15. The van der Waals surface area contributed by atoms with Crippen molar-refractivity contribution in [2.24, 2.45) is 0 Å². The van der Waals surface area contributed by atoms with Gasteiger partial charge in [0.25, 0.3) is 0 Å². The Hall–Kier alpha value is -3.37. The molecule has 0 saturated carbocycles. The van der Waals surface area contributed by atoms with Gasteiger partial charge in [-0.25, -0.2) is 9.97 Å². The van der Waals surface area contributed by atoms with Gasteiger partial charge in [0.15, 0.2) is 0 Å². The molecule has 0 fully saturated rings. The smallest absolute Gasteiger partial charge is 0.223 e. The molecular weight excluding hydrogens is 406 g/mol. The van der Waals surface area contributed by atoms with E-state index in [4.69, 9.17) is 21.3 Å². The van der Waals surface area contributed by atoms with Crippen LogP contribution in [-0.4, -0.2) is 17.1 Å². The van der Waals surface area contributed by atoms with Crippen molar-refractivity contribution >= 4 is 17.5 Å². The van der Waals surface area contributed by atoms with Crippen molar-refractivity contribution in [1.29, 1.82) is 0 Å². The predicted molar refractivity (Wildman–Crippen MR) is 125 cm³/mol. The van der Waals surface area contributed by atoms with Crippen LogP contribution in [0.3, 0.4) is 0 Å². The molecule has 1 aromatic heterocycles. The summed E-state index contributed by atoms with van der Waals surface area (Å²) in [6.07, 6.45) is 2.76. The van der Waals surface area contributed by atoms with Crippen LogP contribution in [0, 0.1) is 0 Å². The van der Waals surface area contributed by atoms with Crippen molar-refractivity contribution in [3.63, 3.8) is 0 Å². The highest BCUT2D eigenvalue weighted by Crippen LogP contribution is 2.43. The fraction of sp³-hybridized carbons (Fsp3) is 0.154. The summed E-state index contributed by atoms with van der Waals surface area (Å²) in [5.74, 6) is 1.64. The lowest BCUT2D eigenvalue weighted by Gasteiger charge is -2.28. The minimum Gasteiger partial charge on any atom is -0.496 e. The SMILES string of the molecule is COc1ccccc1CNc1ncc2c(n1)-c1ccccc1C(c1ccccc1Cl)C2. The summed E-state index contributed by atoms with van der Waals surface area (Å²) < 4.78 is 5.44. The number of methoxy groups -OCH3 is 1. The number of benzene rings is 3. The van der Waals surface area contributed by atoms with E-state index >= 15 is 0 Å². The van der Waals surface area contributed by atoms with Gasteiger partial charge in [-0.05, 0) is 35.2 Å². The van der Waals surface area contributed by atoms with Crippen LogP contribution in [0.15, 0.2) is 79.0 Å². The van der Waals surface area contributed by atoms with Crippen LogP contribution in [0.2, 0.25) is 5.02 Å². The molecule has 31 heavy (non-hydrogen) atoms. The molecular formula is C26H22ClN3O. The van der Waals surface area contributed by atoms with E-state index in [1.54, 1.807) is 7.11 Å². The van der Waals surface area contributed by atoms with Crippen molar-refractivity contribution in [1.82, 2.24) is 9.97 Å². The highest BCUT2D eigenvalue weighted by molar-refractivity contribution is 6.31. The Morgan fingerprint density at radius 1 is 0.968 bits per heavy atom. The van der Waals surface area contributed by atoms with Crippen molar-refractivity contribution in [3.05, 3.63) is 106 Å². The van der Waals surface area contributed by atoms with E-state index in [1.807, 2.05) is 48.7 Å². The molecule has 1 unspecified atom stereocenters. The molecule has 1 N–H and O–H groups in total. The molecule has 0 radical (unpaired) electrons. The third-order valence-corrected chi connectivity index (χ3v) is 6.13. The number of aromatic nitrogens is 2. The van der Waals surface area contributed by atoms with Crippen LogP contribution in [0.25, 0.3) is 11.3 Å². The largest absolute Gasteiger partial charge is 0.496 e. The fourth-order valence-electron chi connectivity index (χ4n) is 4.28. The fourth-order valence-corrected chi connectivity index (χ4v) is 4.55. The zero-order chi connectivity index (χ0) is 21.2. The quantitative estimate of drug-likeness (QED) is 0.417. The molecule has 4 aromatic rings. The van der Waals surface area contributed by atoms with Gasteiger partial charge in [-0.3, -0.25) is 0 Å². The van der Waals surface area contributed by atoms with Crippen LogP contribution in [-0.2, 0) is 13.0 Å². The van der Waals surface area contributed by atoms with E-state index in [-0.39, 0.29) is 5.92 Å². The van der Waals surface area contributed by atoms with Crippen molar-refractivity contribution < 1.29 is 4.74 Å². The molecule has 1 aliphatic rings. The normalized spacial score (nSPS) is 14.5. The van der Waals surface area contributed by atoms with Gasteiger partial charge in [-0.1, -0.05) is 72.3 Å². The maximum atomic E-state index is 6.55. The number of halogens is 1. The molecule has 0 spiro atoms. The maximum Gasteiger partial charge on any atom is 0.223 e. The molecule has 5 heteroatoms. The lowest BCUT2D eigenvalue weighted by molar-refractivity contribution is 0.410. The average Bonchev–Trinajstić information content (AvgIpc) is 2.83. The Morgan fingerprint density at radius 2 is 1.71 bits per heavy atom. The van der Waals surface area contributed by atoms with Gasteiger partial charge in [-0.15, -0.1) is 0 Å². The number of hydrogen-bond acceptors (Lipinski definition) is 4. The maximum absolute atomic E-state index is 6.55. The minimum atomic E-state index is 0.188. The average molecular weight is 428 g/mol. The zero-order valence-electron chi connectivity index (χ0n) is 17.2. The van der Waals surface area contributed by atoms with E-state index in [0.29, 0.717) is 12.5 Å². The van der Waals surface area contributed by atoms with Crippen LogP contribution >= 0.6 is 11.6 Å². The summed E-state index contributed by atoms with van der Waals surface area (Å²) in [6, 6.07) is 24.5. The third kappa shape index (κ3) is 3.75. The Bertz CT molecular complexity index is 1240. The summed E-state index contributed by atoms with van der Waals surface area (Å²) in [5, 5.41) is 4.14. The zero-order valence-corrected chi connectivity index (χ0v) is 17.9. The minimum absolute atomic E-state index is 0.188. The van der Waals surface area contributed by atoms with Crippen molar-refractivity contribution in [3.8, 4) is 17.0 Å². The van der Waals surface area contributed by atoms with Gasteiger partial charge < -0.3 is 10.1 Å². The van der Waals surface area contributed by atoms with Gasteiger partial charge in [-0.2, -0.15) is 0 Å². The molecule has 0 aliphatic heterocycles. The second-order valence-corrected chi connectivity index (χ2v) is 8.01. The second-order valence-electron chi connectivity index (χ2n) is 7.60. The molecule has 1 aliphatic carbocycles. The Labute approximate surface area is 186 Å². The number of anilines is 1. The number of nitrogens with zero attached hydrogens (tertiary/aromatic N) is 2. The van der Waals surface area contributed by atoms with Crippen LogP contribution in [0.1, 0.15) is 28.2 Å². The van der Waals surface area contributed by atoms with Gasteiger partial charge in [0, 0.05) is 34.8 Å². The summed E-state index contributed by atoms with van der Waals surface area (Å²) in [6.45, 7) is 0.590. The van der Waals surface area contributed by atoms with Gasteiger partial charge >= 0.3 is 0 Å². The standard InChI is InChI=1S/C26H22ClN3O/c1-31-24-13-7-2-8-17(24)15-28-26-29-16-18-14-22(20-10-5-6-12-23(20)27)19-9-3-4-11-21(19)25(18)30-26/h2-13,16,22H,14-15H2,1H3,(H,28,29,30). The number of hydrogen-bond donors (Lipinski definition) is 1. The first kappa shape index (κ1) is 19.6. The first-order chi connectivity index (χ1) is 15.2. The monoisotopic (exact) mass is 427 g/mol. The van der Waals surface area contributed by atoms with Crippen LogP contribution in [0.4, 0.5) is 5.95 Å². The Kier molecular flexibility index (Phi) is 5.31. The van der Waals surface area contributed by atoms with E-state index in [0.717, 1.165) is 45.1 Å². The summed E-state index contributed by atoms with van der Waals surface area (Å²) in [5.41, 5.74) is 6.70. The Morgan fingerprint density at radius 3 is 2.55 bits per heavy atom. The number of ether oxygens (including phenoxy) is 1. The van der Waals surface area contributed by atoms with E-state index < -0.39 is 0 Å². The van der Waals surface area contributed by atoms with E-state index in [9.17, 15) is 0 Å². The number of para-hydroxylation sites is 1. The van der Waals surface area contributed by atoms with Gasteiger partial charge in [0.1, 0.15) is 5.75 Å². The number of nitrogens with one attached hydrogen (secondary N) is 1. The third-order valence-electron chi connectivity index (χ3n) is 5.79. The molecule has 1 atom stereocenters. The molecule has 0 amide bonds. The van der Waals surface area contributed by atoms with Crippen molar-refractivity contribution in [2.75, 3.05) is 12.4 Å². The molecule has 0 bridgehead atoms. The highest BCUT2D eigenvalue weighted by atomic mass is 35.5. The number of rotatable bonds is 5. The van der Waals surface area contributed by atoms with Crippen molar-refractivity contribution in [2.45, 2.75) is 18.9 Å². The highest BCUT2D eigenvalue weighted by Gasteiger charge is 2.28. The molecule has 4 nitrogen and oxygen atoms in total. The second kappa shape index (κ2) is 8.40.